The van der Waals surface area contributed by atoms with Gasteiger partial charge in [-0.05, 0) is 19.1 Å². The van der Waals surface area contributed by atoms with Crippen LogP contribution in [0, 0.1) is 6.92 Å². The van der Waals surface area contributed by atoms with Crippen LogP contribution in [0.4, 0.5) is 0 Å². The summed E-state index contributed by atoms with van der Waals surface area (Å²) < 4.78 is 6.62. The highest BCUT2D eigenvalue weighted by molar-refractivity contribution is 6.03. The highest BCUT2D eigenvalue weighted by atomic mass is 16.4. The van der Waals surface area contributed by atoms with E-state index in [4.69, 9.17) is 4.42 Å². The Morgan fingerprint density at radius 1 is 1.21 bits per heavy atom. The molecule has 0 bridgehead atoms. The summed E-state index contributed by atoms with van der Waals surface area (Å²) in [5.74, 6) is -0.308. The Morgan fingerprint density at radius 3 is 2.63 bits per heavy atom. The number of fused-ring (bicyclic) bond motifs is 3. The number of aryl methyl sites for hydroxylation is 1. The lowest BCUT2D eigenvalue weighted by Crippen LogP contribution is -2.19. The van der Waals surface area contributed by atoms with Gasteiger partial charge in [0.2, 0.25) is 0 Å². The summed E-state index contributed by atoms with van der Waals surface area (Å²) in [7, 11) is 1.62. The average Bonchev–Trinajstić information content (AvgIpc) is 2.42. The lowest BCUT2D eigenvalue weighted by molar-refractivity contribution is 0.461. The smallest absolute Gasteiger partial charge is 0.342 e. The summed E-state index contributed by atoms with van der Waals surface area (Å²) in [6.45, 7) is 1.43. The summed E-state index contributed by atoms with van der Waals surface area (Å²) in [5, 5.41) is 10.7. The lowest BCUT2D eigenvalue weighted by Gasteiger charge is -2.09. The zero-order chi connectivity index (χ0) is 13.7. The molecule has 3 aromatic rings. The Labute approximate surface area is 107 Å². The van der Waals surface area contributed by atoms with E-state index >= 15 is 0 Å². The fourth-order valence-electron chi connectivity index (χ4n) is 2.24. The van der Waals surface area contributed by atoms with Gasteiger partial charge in [0, 0.05) is 12.4 Å². The molecule has 0 saturated heterocycles. The first-order valence-corrected chi connectivity index (χ1v) is 5.76. The van der Waals surface area contributed by atoms with Crippen LogP contribution in [0.15, 0.2) is 38.3 Å². The van der Waals surface area contributed by atoms with Crippen molar-refractivity contribution >= 4 is 21.9 Å². The first-order valence-electron chi connectivity index (χ1n) is 5.76. The molecule has 5 heteroatoms. The van der Waals surface area contributed by atoms with E-state index in [9.17, 15) is 14.7 Å². The van der Waals surface area contributed by atoms with Gasteiger partial charge in [0.05, 0.1) is 11.1 Å². The minimum Gasteiger partial charge on any atom is -0.506 e. The van der Waals surface area contributed by atoms with Gasteiger partial charge in [-0.3, -0.25) is 4.79 Å². The molecule has 3 rings (SSSR count). The fourth-order valence-corrected chi connectivity index (χ4v) is 2.24. The van der Waals surface area contributed by atoms with Crippen molar-refractivity contribution < 1.29 is 9.52 Å². The van der Waals surface area contributed by atoms with E-state index in [0.717, 1.165) is 0 Å². The van der Waals surface area contributed by atoms with Gasteiger partial charge in [-0.15, -0.1) is 0 Å². The highest BCUT2D eigenvalue weighted by Gasteiger charge is 2.17. The SMILES string of the molecule is Cc1c(O)c2c(=O)n(C)c3ccccc3c2oc1=O. The number of pyridine rings is 1. The van der Waals surface area contributed by atoms with E-state index in [1.54, 1.807) is 31.3 Å². The molecule has 0 aliphatic rings. The average molecular weight is 257 g/mol. The van der Waals surface area contributed by atoms with Gasteiger partial charge in [-0.2, -0.15) is 0 Å². The minimum absolute atomic E-state index is 0.0401. The van der Waals surface area contributed by atoms with Gasteiger partial charge >= 0.3 is 5.63 Å². The third kappa shape index (κ3) is 1.41. The Hall–Kier alpha value is -2.56. The molecule has 2 heterocycles. The van der Waals surface area contributed by atoms with Crippen LogP contribution in [-0.4, -0.2) is 9.67 Å². The standard InChI is InChI=1S/C14H11NO4/c1-7-11(16)10-12(19-14(7)18)8-5-3-4-6-9(8)15(2)13(10)17/h3-6,16H,1-2H3. The molecular formula is C14H11NO4. The molecule has 1 aromatic carbocycles. The molecular weight excluding hydrogens is 246 g/mol. The van der Waals surface area contributed by atoms with Crippen LogP contribution in [0.25, 0.3) is 21.9 Å². The molecule has 0 amide bonds. The zero-order valence-electron chi connectivity index (χ0n) is 10.4. The van der Waals surface area contributed by atoms with Gasteiger partial charge in [0.25, 0.3) is 5.56 Å². The van der Waals surface area contributed by atoms with Crippen LogP contribution in [0.2, 0.25) is 0 Å². The minimum atomic E-state index is -0.636. The second kappa shape index (κ2) is 3.71. The number of para-hydroxylation sites is 1. The van der Waals surface area contributed by atoms with Crippen LogP contribution in [0.5, 0.6) is 5.75 Å². The molecule has 19 heavy (non-hydrogen) atoms. The molecule has 1 N–H and O–H groups in total. The van der Waals surface area contributed by atoms with Crippen LogP contribution in [0.3, 0.4) is 0 Å². The number of rotatable bonds is 0. The van der Waals surface area contributed by atoms with Crippen molar-refractivity contribution in [3.8, 4) is 5.75 Å². The van der Waals surface area contributed by atoms with Crippen molar-refractivity contribution in [2.45, 2.75) is 6.92 Å². The summed E-state index contributed by atoms with van der Waals surface area (Å²) in [4.78, 5) is 23.9. The van der Waals surface area contributed by atoms with E-state index in [1.165, 1.54) is 11.5 Å². The summed E-state index contributed by atoms with van der Waals surface area (Å²) >= 11 is 0. The second-order valence-corrected chi connectivity index (χ2v) is 4.45. The highest BCUT2D eigenvalue weighted by Crippen LogP contribution is 2.28. The van der Waals surface area contributed by atoms with Crippen LogP contribution < -0.4 is 11.2 Å². The van der Waals surface area contributed by atoms with Crippen molar-refractivity contribution in [2.24, 2.45) is 7.05 Å². The van der Waals surface area contributed by atoms with Crippen molar-refractivity contribution in [1.29, 1.82) is 0 Å². The fraction of sp³-hybridized carbons (Fsp3) is 0.143. The van der Waals surface area contributed by atoms with Crippen molar-refractivity contribution in [3.05, 3.63) is 50.6 Å². The number of nitrogens with zero attached hydrogens (tertiary/aromatic N) is 1. The first-order chi connectivity index (χ1) is 9.02. The number of aromatic hydroxyl groups is 1. The third-order valence-electron chi connectivity index (χ3n) is 3.35. The Balaban J connectivity index is 2.79. The third-order valence-corrected chi connectivity index (χ3v) is 3.35. The molecule has 0 unspecified atom stereocenters. The zero-order valence-corrected chi connectivity index (χ0v) is 10.4. The Bertz CT molecular complexity index is 934. The summed E-state index contributed by atoms with van der Waals surface area (Å²) in [5.41, 5.74) is -0.209. The lowest BCUT2D eigenvalue weighted by atomic mass is 10.1. The Kier molecular flexibility index (Phi) is 2.25. The molecule has 0 radical (unpaired) electrons. The number of benzene rings is 1. The molecule has 2 aromatic heterocycles. The van der Waals surface area contributed by atoms with E-state index in [2.05, 4.69) is 0 Å². The number of hydrogen-bond donors (Lipinski definition) is 1. The largest absolute Gasteiger partial charge is 0.506 e. The van der Waals surface area contributed by atoms with Crippen molar-refractivity contribution in [1.82, 2.24) is 4.57 Å². The van der Waals surface area contributed by atoms with Gasteiger partial charge in [-0.25, -0.2) is 4.79 Å². The molecule has 0 saturated carbocycles. The molecule has 0 atom stereocenters. The first kappa shape index (κ1) is 11.5. The maximum Gasteiger partial charge on any atom is 0.342 e. The summed E-state index contributed by atoms with van der Waals surface area (Å²) in [6, 6.07) is 7.07. The molecule has 96 valence electrons. The number of aromatic nitrogens is 1. The van der Waals surface area contributed by atoms with Gasteiger partial charge < -0.3 is 14.1 Å². The predicted octanol–water partition coefficient (Wildman–Crippen LogP) is 1.66. The topological polar surface area (TPSA) is 72.4 Å². The second-order valence-electron chi connectivity index (χ2n) is 4.45. The predicted molar refractivity (Wildman–Crippen MR) is 71.6 cm³/mol. The summed E-state index contributed by atoms with van der Waals surface area (Å²) in [6.07, 6.45) is 0. The monoisotopic (exact) mass is 257 g/mol. The quantitative estimate of drug-likeness (QED) is 0.622. The maximum absolute atomic E-state index is 12.3. The van der Waals surface area contributed by atoms with E-state index in [1.807, 2.05) is 0 Å². The number of hydrogen-bond acceptors (Lipinski definition) is 4. The van der Waals surface area contributed by atoms with E-state index in [0.29, 0.717) is 10.9 Å². The van der Waals surface area contributed by atoms with Gasteiger partial charge in [-0.1, -0.05) is 12.1 Å². The van der Waals surface area contributed by atoms with Crippen molar-refractivity contribution in [3.63, 3.8) is 0 Å². The molecule has 0 aliphatic heterocycles. The van der Waals surface area contributed by atoms with E-state index < -0.39 is 11.2 Å². The molecule has 0 aliphatic carbocycles. The molecule has 0 spiro atoms. The molecule has 5 nitrogen and oxygen atoms in total. The van der Waals surface area contributed by atoms with Gasteiger partial charge in [0.15, 0.2) is 5.58 Å². The Morgan fingerprint density at radius 2 is 1.89 bits per heavy atom. The van der Waals surface area contributed by atoms with Crippen LogP contribution >= 0.6 is 0 Å². The van der Waals surface area contributed by atoms with Crippen LogP contribution in [0.1, 0.15) is 5.56 Å². The van der Waals surface area contributed by atoms with Gasteiger partial charge in [0.1, 0.15) is 11.1 Å². The normalized spacial score (nSPS) is 11.3. The van der Waals surface area contributed by atoms with E-state index in [-0.39, 0.29) is 22.3 Å². The molecule has 0 fully saturated rings. The van der Waals surface area contributed by atoms with Crippen LogP contribution in [-0.2, 0) is 7.05 Å². The maximum atomic E-state index is 12.3. The van der Waals surface area contributed by atoms with Crippen molar-refractivity contribution in [2.75, 3.05) is 0 Å².